The van der Waals surface area contributed by atoms with Crippen LogP contribution in [0.3, 0.4) is 0 Å². The summed E-state index contributed by atoms with van der Waals surface area (Å²) in [6.07, 6.45) is 4.42. The number of ether oxygens (including phenoxy) is 1. The lowest BCUT2D eigenvalue weighted by Gasteiger charge is -2.40. The molecule has 1 saturated carbocycles. The molecule has 6 heteroatoms. The van der Waals surface area contributed by atoms with Gasteiger partial charge in [-0.1, -0.05) is 31.4 Å². The highest BCUT2D eigenvalue weighted by atomic mass is 35.5. The molecule has 1 aliphatic heterocycles. The van der Waals surface area contributed by atoms with Gasteiger partial charge in [0.15, 0.2) is 0 Å². The molecule has 0 radical (unpaired) electrons. The van der Waals surface area contributed by atoms with Crippen molar-refractivity contribution in [2.24, 2.45) is 5.73 Å². The summed E-state index contributed by atoms with van der Waals surface area (Å²) in [5, 5.41) is 0. The number of hydrogen-bond acceptors (Lipinski definition) is 3. The first kappa shape index (κ1) is 18.2. The third-order valence-corrected chi connectivity index (χ3v) is 4.75. The molecule has 1 heterocycles. The van der Waals surface area contributed by atoms with Crippen LogP contribution in [0.2, 0.25) is 0 Å². The van der Waals surface area contributed by atoms with Crippen LogP contribution in [0.4, 0.5) is 4.39 Å². The second-order valence-electron chi connectivity index (χ2n) is 6.38. The summed E-state index contributed by atoms with van der Waals surface area (Å²) in [5.41, 5.74) is 6.40. The van der Waals surface area contributed by atoms with Gasteiger partial charge >= 0.3 is 0 Å². The molecule has 1 aromatic carbocycles. The van der Waals surface area contributed by atoms with E-state index in [-0.39, 0.29) is 30.2 Å². The highest BCUT2D eigenvalue weighted by Gasteiger charge is 2.40. The van der Waals surface area contributed by atoms with Gasteiger partial charge in [-0.25, -0.2) is 4.39 Å². The fourth-order valence-electron chi connectivity index (χ4n) is 3.45. The van der Waals surface area contributed by atoms with Crippen molar-refractivity contribution in [1.82, 2.24) is 4.90 Å². The second kappa shape index (κ2) is 7.60. The van der Waals surface area contributed by atoms with Gasteiger partial charge in [-0.05, 0) is 30.5 Å². The number of amides is 1. The van der Waals surface area contributed by atoms with Crippen molar-refractivity contribution >= 4 is 18.3 Å². The van der Waals surface area contributed by atoms with Gasteiger partial charge in [-0.2, -0.15) is 0 Å². The molecule has 23 heavy (non-hydrogen) atoms. The summed E-state index contributed by atoms with van der Waals surface area (Å²) in [4.78, 5) is 14.6. The smallest absolute Gasteiger partial charge is 0.242 e. The van der Waals surface area contributed by atoms with E-state index >= 15 is 0 Å². The van der Waals surface area contributed by atoms with Gasteiger partial charge in [0.1, 0.15) is 11.9 Å². The number of halogens is 2. The van der Waals surface area contributed by atoms with Crippen LogP contribution < -0.4 is 5.73 Å². The maximum absolute atomic E-state index is 13.4. The van der Waals surface area contributed by atoms with E-state index in [9.17, 15) is 9.18 Å². The quantitative estimate of drug-likeness (QED) is 0.899. The lowest BCUT2D eigenvalue weighted by atomic mass is 9.81. The Bertz CT molecular complexity index is 549. The van der Waals surface area contributed by atoms with Crippen LogP contribution in [-0.4, -0.2) is 36.0 Å². The van der Waals surface area contributed by atoms with Gasteiger partial charge in [-0.3, -0.25) is 4.79 Å². The minimum Gasteiger partial charge on any atom is -0.370 e. The van der Waals surface area contributed by atoms with E-state index in [1.165, 1.54) is 12.1 Å². The molecule has 0 aromatic heterocycles. The normalized spacial score (nSPS) is 23.9. The fraction of sp³-hybridized carbons (Fsp3) is 0.588. The summed E-state index contributed by atoms with van der Waals surface area (Å²) >= 11 is 0. The molecule has 128 valence electrons. The third-order valence-electron chi connectivity index (χ3n) is 4.75. The standard InChI is InChI=1S/C17H23FN2O2.ClH/c18-14-6-4-5-13(11-14)15-12-20(9-10-22-15)16(21)17(19)7-2-1-3-8-17;/h4-6,11,15H,1-3,7-10,12,19H2;1H. The molecule has 1 saturated heterocycles. The number of carbonyl (C=O) groups is 1. The fourth-order valence-corrected chi connectivity index (χ4v) is 3.45. The molecule has 0 spiro atoms. The zero-order valence-electron chi connectivity index (χ0n) is 13.2. The lowest BCUT2D eigenvalue weighted by molar-refractivity contribution is -0.146. The average Bonchev–Trinajstić information content (AvgIpc) is 2.55. The topological polar surface area (TPSA) is 55.6 Å². The van der Waals surface area contributed by atoms with Gasteiger partial charge in [-0.15, -0.1) is 12.4 Å². The Hall–Kier alpha value is -1.17. The monoisotopic (exact) mass is 342 g/mol. The van der Waals surface area contributed by atoms with Crippen LogP contribution in [-0.2, 0) is 9.53 Å². The number of morpholine rings is 1. The van der Waals surface area contributed by atoms with Gasteiger partial charge in [0.25, 0.3) is 0 Å². The molecule has 4 nitrogen and oxygen atoms in total. The van der Waals surface area contributed by atoms with E-state index in [2.05, 4.69) is 0 Å². The van der Waals surface area contributed by atoms with Crippen molar-refractivity contribution in [3.63, 3.8) is 0 Å². The number of nitrogens with two attached hydrogens (primary N) is 1. The highest BCUT2D eigenvalue weighted by Crippen LogP contribution is 2.30. The summed E-state index contributed by atoms with van der Waals surface area (Å²) < 4.78 is 19.1. The zero-order chi connectivity index (χ0) is 15.6. The van der Waals surface area contributed by atoms with Gasteiger partial charge in [0, 0.05) is 6.54 Å². The number of carbonyl (C=O) groups excluding carboxylic acids is 1. The number of nitrogens with zero attached hydrogens (tertiary/aromatic N) is 1. The minimum absolute atomic E-state index is 0. The van der Waals surface area contributed by atoms with Crippen LogP contribution in [0.15, 0.2) is 24.3 Å². The Labute approximate surface area is 142 Å². The van der Waals surface area contributed by atoms with Crippen LogP contribution in [0.1, 0.15) is 43.8 Å². The van der Waals surface area contributed by atoms with Crippen molar-refractivity contribution in [3.8, 4) is 0 Å². The first-order chi connectivity index (χ1) is 10.6. The molecule has 1 aliphatic carbocycles. The second-order valence-corrected chi connectivity index (χ2v) is 6.38. The van der Waals surface area contributed by atoms with Crippen molar-refractivity contribution < 1.29 is 13.9 Å². The lowest BCUT2D eigenvalue weighted by Crippen LogP contribution is -2.58. The van der Waals surface area contributed by atoms with Gasteiger partial charge in [0.2, 0.25) is 5.91 Å². The van der Waals surface area contributed by atoms with E-state index in [0.29, 0.717) is 19.7 Å². The molecular weight excluding hydrogens is 319 g/mol. The Morgan fingerprint density at radius 3 is 2.74 bits per heavy atom. The molecular formula is C17H24ClFN2O2. The first-order valence-electron chi connectivity index (χ1n) is 8.04. The number of hydrogen-bond donors (Lipinski definition) is 1. The van der Waals surface area contributed by atoms with Gasteiger partial charge < -0.3 is 15.4 Å². The van der Waals surface area contributed by atoms with Crippen molar-refractivity contribution in [1.29, 1.82) is 0 Å². The Balaban J connectivity index is 0.00000192. The molecule has 2 aliphatic rings. The van der Waals surface area contributed by atoms with E-state index in [0.717, 1.165) is 37.7 Å². The Morgan fingerprint density at radius 2 is 2.04 bits per heavy atom. The SMILES string of the molecule is Cl.NC1(C(=O)N2CCOC(c3cccc(F)c3)C2)CCCCC1. The predicted octanol–water partition coefficient (Wildman–Crippen LogP) is 2.81. The zero-order valence-corrected chi connectivity index (χ0v) is 14.0. The summed E-state index contributed by atoms with van der Waals surface area (Å²) in [7, 11) is 0. The highest BCUT2D eigenvalue weighted by molar-refractivity contribution is 5.86. The maximum atomic E-state index is 13.4. The van der Waals surface area contributed by atoms with Crippen LogP contribution >= 0.6 is 12.4 Å². The van der Waals surface area contributed by atoms with E-state index in [1.54, 1.807) is 11.0 Å². The van der Waals surface area contributed by atoms with E-state index in [4.69, 9.17) is 10.5 Å². The first-order valence-corrected chi connectivity index (χ1v) is 8.04. The molecule has 0 bridgehead atoms. The molecule has 2 fully saturated rings. The average molecular weight is 343 g/mol. The summed E-state index contributed by atoms with van der Waals surface area (Å²) in [6.45, 7) is 1.47. The van der Waals surface area contributed by atoms with Crippen molar-refractivity contribution in [2.75, 3.05) is 19.7 Å². The third kappa shape index (κ3) is 4.03. The summed E-state index contributed by atoms with van der Waals surface area (Å²) in [5.74, 6) is -0.260. The predicted molar refractivity (Wildman–Crippen MR) is 88.9 cm³/mol. The van der Waals surface area contributed by atoms with E-state index in [1.807, 2.05) is 6.07 Å². The number of benzene rings is 1. The van der Waals surface area contributed by atoms with Gasteiger partial charge in [0.05, 0.1) is 18.7 Å². The van der Waals surface area contributed by atoms with E-state index < -0.39 is 5.54 Å². The molecule has 3 rings (SSSR count). The van der Waals surface area contributed by atoms with Crippen LogP contribution in [0.5, 0.6) is 0 Å². The van der Waals surface area contributed by atoms with Crippen molar-refractivity contribution in [2.45, 2.75) is 43.7 Å². The Kier molecular flexibility index (Phi) is 6.00. The molecule has 2 N–H and O–H groups in total. The molecule has 1 amide bonds. The van der Waals surface area contributed by atoms with Crippen molar-refractivity contribution in [3.05, 3.63) is 35.6 Å². The Morgan fingerprint density at radius 1 is 1.30 bits per heavy atom. The molecule has 1 atom stereocenters. The minimum atomic E-state index is -0.720. The number of rotatable bonds is 2. The molecule has 1 unspecified atom stereocenters. The largest absolute Gasteiger partial charge is 0.370 e. The van der Waals surface area contributed by atoms with Crippen LogP contribution in [0, 0.1) is 5.82 Å². The maximum Gasteiger partial charge on any atom is 0.242 e. The molecule has 1 aromatic rings. The van der Waals surface area contributed by atoms with Crippen LogP contribution in [0.25, 0.3) is 0 Å². The summed E-state index contributed by atoms with van der Waals surface area (Å²) in [6, 6.07) is 6.38.